The molecule has 0 radical (unpaired) electrons. The molecule has 6 aromatic rings. The van der Waals surface area contributed by atoms with Gasteiger partial charge in [-0.2, -0.15) is 5.10 Å². The van der Waals surface area contributed by atoms with Gasteiger partial charge in [-0.3, -0.25) is 0 Å². The van der Waals surface area contributed by atoms with E-state index >= 15 is 0 Å². The fourth-order valence-corrected chi connectivity index (χ4v) is 4.65. The molecular formula is C35H29N5. The topological polar surface area (TPSA) is 36.7 Å². The predicted molar refractivity (Wildman–Crippen MR) is 166 cm³/mol. The Hall–Kier alpha value is -5.42. The molecule has 0 fully saturated rings. The molecule has 0 aliphatic carbocycles. The van der Waals surface area contributed by atoms with Gasteiger partial charge in [0.2, 0.25) is 0 Å². The van der Waals surface area contributed by atoms with Crippen LogP contribution in [0, 0.1) is 6.92 Å². The summed E-state index contributed by atoms with van der Waals surface area (Å²) in [7, 11) is 0. The summed E-state index contributed by atoms with van der Waals surface area (Å²) in [4.78, 5) is 2.25. The summed E-state index contributed by atoms with van der Waals surface area (Å²) in [6, 6.07) is 51.5. The molecule has 194 valence electrons. The summed E-state index contributed by atoms with van der Waals surface area (Å²) < 4.78 is 1.94. The first-order chi connectivity index (χ1) is 19.8. The third-order valence-electron chi connectivity index (χ3n) is 6.60. The average molecular weight is 520 g/mol. The number of anilines is 5. The number of benzene rings is 5. The van der Waals surface area contributed by atoms with Crippen LogP contribution < -0.4 is 9.91 Å². The van der Waals surface area contributed by atoms with Gasteiger partial charge in [0, 0.05) is 28.8 Å². The maximum absolute atomic E-state index is 4.90. The number of hydrogen-bond donors (Lipinski definition) is 0. The zero-order valence-electron chi connectivity index (χ0n) is 22.2. The molecule has 0 bridgehead atoms. The zero-order chi connectivity index (χ0) is 27.1. The molecule has 1 aromatic heterocycles. The minimum Gasteiger partial charge on any atom is -0.311 e. The van der Waals surface area contributed by atoms with Crippen molar-refractivity contribution in [3.63, 3.8) is 0 Å². The van der Waals surface area contributed by atoms with E-state index in [0.29, 0.717) is 0 Å². The van der Waals surface area contributed by atoms with Crippen LogP contribution in [0.15, 0.2) is 157 Å². The van der Waals surface area contributed by atoms with E-state index in [1.807, 2.05) is 76.6 Å². The van der Waals surface area contributed by atoms with E-state index in [0.717, 1.165) is 45.5 Å². The van der Waals surface area contributed by atoms with Crippen LogP contribution in [0.4, 0.5) is 28.6 Å². The fraction of sp³-hybridized carbons (Fsp3) is 0.0286. The smallest absolute Gasteiger partial charge is 0.176 e. The normalized spacial score (nSPS) is 11.0. The molecule has 0 spiro atoms. The van der Waals surface area contributed by atoms with Gasteiger partial charge in [-0.15, -0.1) is 5.10 Å². The van der Waals surface area contributed by atoms with Crippen LogP contribution in [-0.2, 0) is 0 Å². The Morgan fingerprint density at radius 1 is 0.575 bits per heavy atom. The second-order valence-electron chi connectivity index (χ2n) is 9.38. The maximum atomic E-state index is 4.90. The molecule has 1 heterocycles. The van der Waals surface area contributed by atoms with Crippen molar-refractivity contribution < 1.29 is 0 Å². The molecular weight excluding hydrogens is 490 g/mol. The van der Waals surface area contributed by atoms with Crippen LogP contribution in [0.3, 0.4) is 0 Å². The lowest BCUT2D eigenvalue weighted by Gasteiger charge is -2.25. The fourth-order valence-electron chi connectivity index (χ4n) is 4.65. The van der Waals surface area contributed by atoms with Crippen molar-refractivity contribution in [2.75, 3.05) is 9.91 Å². The molecule has 0 saturated heterocycles. The van der Waals surface area contributed by atoms with Crippen molar-refractivity contribution in [3.05, 3.63) is 163 Å². The van der Waals surface area contributed by atoms with Crippen LogP contribution in [-0.4, -0.2) is 16.0 Å². The minimum absolute atomic E-state index is 0.750. The van der Waals surface area contributed by atoms with Crippen molar-refractivity contribution in [1.82, 2.24) is 9.78 Å². The number of hydrazone groups is 1. The van der Waals surface area contributed by atoms with Gasteiger partial charge in [0.25, 0.3) is 0 Å². The standard InChI is InChI=1S/C35H29N5/c1-28-26-35(37-39(28)33-18-10-4-11-19-33)40(34-20-12-5-13-21-34)36-27-29-22-24-32(25-23-29)38(30-14-6-2-7-15-30)31-16-8-3-9-17-31/h2-27H,1H3/b36-27+. The molecule has 5 aromatic carbocycles. The molecule has 40 heavy (non-hydrogen) atoms. The van der Waals surface area contributed by atoms with Crippen molar-refractivity contribution in [3.8, 4) is 5.69 Å². The first-order valence-electron chi connectivity index (χ1n) is 13.3. The van der Waals surface area contributed by atoms with Crippen LogP contribution in [0.25, 0.3) is 5.69 Å². The lowest BCUT2D eigenvalue weighted by Crippen LogP contribution is -2.11. The molecule has 6 rings (SSSR count). The second kappa shape index (κ2) is 11.5. The molecule has 0 amide bonds. The van der Waals surface area contributed by atoms with Crippen molar-refractivity contribution in [1.29, 1.82) is 0 Å². The van der Waals surface area contributed by atoms with E-state index in [-0.39, 0.29) is 0 Å². The summed E-state index contributed by atoms with van der Waals surface area (Å²) in [5.41, 5.74) is 7.26. The summed E-state index contributed by atoms with van der Waals surface area (Å²) in [5, 5.41) is 11.7. The number of aromatic nitrogens is 2. The van der Waals surface area contributed by atoms with E-state index in [9.17, 15) is 0 Å². The average Bonchev–Trinajstić information content (AvgIpc) is 3.41. The molecule has 0 saturated carbocycles. The Labute approximate surface area is 234 Å². The number of nitrogens with zero attached hydrogens (tertiary/aromatic N) is 5. The SMILES string of the molecule is Cc1cc(N(/N=C/c2ccc(N(c3ccccc3)c3ccccc3)cc2)c2ccccc2)nn1-c1ccccc1. The minimum atomic E-state index is 0.750. The van der Waals surface area contributed by atoms with Gasteiger partial charge in [0.1, 0.15) is 0 Å². The zero-order valence-corrected chi connectivity index (χ0v) is 22.2. The van der Waals surface area contributed by atoms with Gasteiger partial charge in [0.15, 0.2) is 5.82 Å². The molecule has 0 aliphatic rings. The first kappa shape index (κ1) is 24.9. The highest BCUT2D eigenvalue weighted by atomic mass is 15.5. The summed E-state index contributed by atoms with van der Waals surface area (Å²) in [6.07, 6.45) is 1.88. The first-order valence-corrected chi connectivity index (χ1v) is 13.3. The Morgan fingerprint density at radius 2 is 1.05 bits per heavy atom. The Balaban J connectivity index is 1.32. The molecule has 5 nitrogen and oxygen atoms in total. The Bertz CT molecular complexity index is 1640. The van der Waals surface area contributed by atoms with E-state index in [4.69, 9.17) is 10.2 Å². The molecule has 0 N–H and O–H groups in total. The van der Waals surface area contributed by atoms with Crippen LogP contribution >= 0.6 is 0 Å². The number of para-hydroxylation sites is 4. The highest BCUT2D eigenvalue weighted by molar-refractivity contribution is 5.84. The maximum Gasteiger partial charge on any atom is 0.176 e. The molecule has 0 atom stereocenters. The number of rotatable bonds is 8. The van der Waals surface area contributed by atoms with Gasteiger partial charge in [-0.05, 0) is 73.2 Å². The Morgan fingerprint density at radius 3 is 1.60 bits per heavy atom. The molecule has 0 unspecified atom stereocenters. The van der Waals surface area contributed by atoms with Gasteiger partial charge in [-0.25, -0.2) is 9.69 Å². The third kappa shape index (κ3) is 5.40. The Kier molecular flexibility index (Phi) is 7.18. The lowest BCUT2D eigenvalue weighted by atomic mass is 10.1. The molecule has 0 aliphatic heterocycles. The largest absolute Gasteiger partial charge is 0.311 e. The second-order valence-corrected chi connectivity index (χ2v) is 9.38. The lowest BCUT2D eigenvalue weighted by molar-refractivity contribution is 0.836. The monoisotopic (exact) mass is 519 g/mol. The van der Waals surface area contributed by atoms with Crippen LogP contribution in [0.1, 0.15) is 11.3 Å². The van der Waals surface area contributed by atoms with Gasteiger partial charge >= 0.3 is 0 Å². The van der Waals surface area contributed by atoms with E-state index < -0.39 is 0 Å². The summed E-state index contributed by atoms with van der Waals surface area (Å²) >= 11 is 0. The summed E-state index contributed by atoms with van der Waals surface area (Å²) in [5.74, 6) is 0.750. The quantitative estimate of drug-likeness (QED) is 0.149. The van der Waals surface area contributed by atoms with Crippen LogP contribution in [0.2, 0.25) is 0 Å². The van der Waals surface area contributed by atoms with E-state index in [2.05, 4.69) is 103 Å². The third-order valence-corrected chi connectivity index (χ3v) is 6.60. The highest BCUT2D eigenvalue weighted by Gasteiger charge is 2.15. The number of aryl methyl sites for hydroxylation is 1. The van der Waals surface area contributed by atoms with E-state index in [1.54, 1.807) is 0 Å². The van der Waals surface area contributed by atoms with Gasteiger partial charge < -0.3 is 4.90 Å². The van der Waals surface area contributed by atoms with Gasteiger partial charge in [-0.1, -0.05) is 84.9 Å². The predicted octanol–water partition coefficient (Wildman–Crippen LogP) is 8.82. The van der Waals surface area contributed by atoms with Crippen molar-refractivity contribution in [2.24, 2.45) is 5.10 Å². The van der Waals surface area contributed by atoms with Crippen LogP contribution in [0.5, 0.6) is 0 Å². The van der Waals surface area contributed by atoms with Crippen molar-refractivity contribution in [2.45, 2.75) is 6.92 Å². The van der Waals surface area contributed by atoms with Gasteiger partial charge in [0.05, 0.1) is 17.6 Å². The highest BCUT2D eigenvalue weighted by Crippen LogP contribution is 2.34. The molecule has 5 heteroatoms. The van der Waals surface area contributed by atoms with E-state index in [1.165, 1.54) is 0 Å². The number of hydrogen-bond acceptors (Lipinski definition) is 4. The summed E-state index contributed by atoms with van der Waals surface area (Å²) in [6.45, 7) is 2.06. The van der Waals surface area contributed by atoms with Crippen molar-refractivity contribution >= 4 is 34.8 Å².